The van der Waals surface area contributed by atoms with Gasteiger partial charge in [0.05, 0.1) is 0 Å². The van der Waals surface area contributed by atoms with Crippen LogP contribution in [0.5, 0.6) is 0 Å². The third-order valence-electron chi connectivity index (χ3n) is 11.8. The average molecular weight is 369 g/mol. The van der Waals surface area contributed by atoms with Crippen molar-refractivity contribution in [2.45, 2.75) is 119 Å². The zero-order valence-electron chi connectivity index (χ0n) is 19.1. The van der Waals surface area contributed by atoms with Crippen LogP contribution in [0.15, 0.2) is 11.1 Å². The van der Waals surface area contributed by atoms with Gasteiger partial charge in [0.15, 0.2) is 0 Å². The minimum atomic E-state index is 0.491. The molecule has 0 N–H and O–H groups in total. The summed E-state index contributed by atoms with van der Waals surface area (Å²) in [6.45, 7) is 16.0. The zero-order chi connectivity index (χ0) is 19.3. The number of hydrogen-bond acceptors (Lipinski definition) is 0. The van der Waals surface area contributed by atoms with Crippen LogP contribution in [0.25, 0.3) is 0 Å². The van der Waals surface area contributed by atoms with Crippen molar-refractivity contribution in [1.29, 1.82) is 0 Å². The molecule has 6 unspecified atom stereocenters. The summed E-state index contributed by atoms with van der Waals surface area (Å²) < 4.78 is 0. The van der Waals surface area contributed by atoms with Crippen molar-refractivity contribution in [2.75, 3.05) is 0 Å². The molecule has 5 rings (SSSR count). The number of rotatable bonds is 0. The van der Waals surface area contributed by atoms with Crippen LogP contribution in [0.3, 0.4) is 0 Å². The van der Waals surface area contributed by atoms with E-state index in [1.54, 1.807) is 0 Å². The molecule has 0 radical (unpaired) electrons. The molecule has 0 nitrogen and oxygen atoms in total. The molecular weight excluding hydrogens is 324 g/mol. The van der Waals surface area contributed by atoms with Gasteiger partial charge in [-0.1, -0.05) is 59.1 Å². The van der Waals surface area contributed by atoms with Crippen LogP contribution < -0.4 is 0 Å². The Morgan fingerprint density at radius 3 is 2.19 bits per heavy atom. The first-order chi connectivity index (χ1) is 12.6. The van der Waals surface area contributed by atoms with Crippen LogP contribution in [0, 0.1) is 38.9 Å². The van der Waals surface area contributed by atoms with E-state index in [0.717, 1.165) is 11.8 Å². The third-order valence-corrected chi connectivity index (χ3v) is 11.8. The summed E-state index contributed by atoms with van der Waals surface area (Å²) in [5, 5.41) is 0. The Balaban J connectivity index is 1.60. The maximum absolute atomic E-state index is 2.76. The Kier molecular flexibility index (Phi) is 3.79. The topological polar surface area (TPSA) is 0 Å². The van der Waals surface area contributed by atoms with Crippen LogP contribution in [0.4, 0.5) is 0 Å². The summed E-state index contributed by atoms with van der Waals surface area (Å²) in [7, 11) is 0. The summed E-state index contributed by atoms with van der Waals surface area (Å²) in [6.07, 6.45) is 17.6. The van der Waals surface area contributed by atoms with Crippen molar-refractivity contribution in [3.05, 3.63) is 11.1 Å². The molecule has 0 heteroatoms. The van der Waals surface area contributed by atoms with Crippen LogP contribution >= 0.6 is 0 Å². The van der Waals surface area contributed by atoms with E-state index < -0.39 is 0 Å². The lowest BCUT2D eigenvalue weighted by molar-refractivity contribution is -0.179. The SMILES string of the molecule is CC12CCCC1=C1CCC3C4(C)CCCC(C)(C)C4CCC3(C)C1(C)CC2. The minimum Gasteiger partial charge on any atom is -0.0645 e. The Hall–Kier alpha value is -0.260. The lowest BCUT2D eigenvalue weighted by atomic mass is 9.35. The molecule has 0 bridgehead atoms. The van der Waals surface area contributed by atoms with Crippen LogP contribution in [-0.4, -0.2) is 0 Å². The van der Waals surface area contributed by atoms with Crippen molar-refractivity contribution in [1.82, 2.24) is 0 Å². The predicted molar refractivity (Wildman–Crippen MR) is 116 cm³/mol. The van der Waals surface area contributed by atoms with Gasteiger partial charge in [0.25, 0.3) is 0 Å². The highest BCUT2D eigenvalue weighted by atomic mass is 14.7. The molecule has 4 fully saturated rings. The molecule has 27 heavy (non-hydrogen) atoms. The molecule has 0 amide bonds. The highest BCUT2D eigenvalue weighted by Crippen LogP contribution is 2.75. The molecular formula is C27H44. The van der Waals surface area contributed by atoms with Crippen molar-refractivity contribution >= 4 is 0 Å². The minimum absolute atomic E-state index is 0.491. The van der Waals surface area contributed by atoms with E-state index in [4.69, 9.17) is 0 Å². The van der Waals surface area contributed by atoms with Gasteiger partial charge in [0.2, 0.25) is 0 Å². The monoisotopic (exact) mass is 368 g/mol. The van der Waals surface area contributed by atoms with Crippen LogP contribution in [0.2, 0.25) is 0 Å². The highest BCUT2D eigenvalue weighted by Gasteiger charge is 2.66. The second kappa shape index (κ2) is 5.46. The fraction of sp³-hybridized carbons (Fsp3) is 0.926. The maximum atomic E-state index is 2.76. The Morgan fingerprint density at radius 1 is 0.630 bits per heavy atom. The fourth-order valence-electron chi connectivity index (χ4n) is 10.2. The zero-order valence-corrected chi connectivity index (χ0v) is 19.1. The molecule has 0 heterocycles. The standard InChI is InChI=1S/C27H44/c1-23(2)13-8-15-25(4)21(23)12-16-27(6)22(25)11-10-20-19-9-7-14-24(19,3)17-18-26(20,27)5/h21-22H,7-18H2,1-6H3. The maximum Gasteiger partial charge on any atom is -0.00566 e. The predicted octanol–water partition coefficient (Wildman–Crippen LogP) is 8.32. The van der Waals surface area contributed by atoms with Crippen LogP contribution in [-0.2, 0) is 0 Å². The summed E-state index contributed by atoms with van der Waals surface area (Å²) in [5.41, 5.74) is 6.68. The summed E-state index contributed by atoms with van der Waals surface area (Å²) in [4.78, 5) is 0. The van der Waals surface area contributed by atoms with Crippen molar-refractivity contribution < 1.29 is 0 Å². The lowest BCUT2D eigenvalue weighted by Crippen LogP contribution is -2.61. The lowest BCUT2D eigenvalue weighted by Gasteiger charge is -2.70. The largest absolute Gasteiger partial charge is 0.0645 e. The van der Waals surface area contributed by atoms with Gasteiger partial charge in [-0.3, -0.25) is 0 Å². The first-order valence-corrected chi connectivity index (χ1v) is 12.3. The number of fused-ring (bicyclic) bond motifs is 6. The van der Waals surface area contributed by atoms with Gasteiger partial charge < -0.3 is 0 Å². The second-order valence-corrected chi connectivity index (χ2v) is 13.2. The average Bonchev–Trinajstić information content (AvgIpc) is 2.97. The van der Waals surface area contributed by atoms with Crippen LogP contribution in [0.1, 0.15) is 119 Å². The number of allylic oxidation sites excluding steroid dienone is 2. The van der Waals surface area contributed by atoms with E-state index in [-0.39, 0.29) is 0 Å². The molecule has 5 aliphatic rings. The van der Waals surface area contributed by atoms with Crippen molar-refractivity contribution in [3.8, 4) is 0 Å². The van der Waals surface area contributed by atoms with Crippen molar-refractivity contribution in [2.24, 2.45) is 38.9 Å². The molecule has 6 atom stereocenters. The Labute approximate surface area is 169 Å². The van der Waals surface area contributed by atoms with Gasteiger partial charge in [-0.2, -0.15) is 0 Å². The Bertz CT molecular complexity index is 682. The summed E-state index contributed by atoms with van der Waals surface area (Å²) in [6, 6.07) is 0. The first-order valence-electron chi connectivity index (χ1n) is 12.3. The molecule has 4 saturated carbocycles. The number of hydrogen-bond donors (Lipinski definition) is 0. The second-order valence-electron chi connectivity index (χ2n) is 13.2. The quantitative estimate of drug-likeness (QED) is 0.377. The van der Waals surface area contributed by atoms with E-state index >= 15 is 0 Å². The van der Waals surface area contributed by atoms with Crippen molar-refractivity contribution in [3.63, 3.8) is 0 Å². The molecule has 0 aromatic heterocycles. The van der Waals surface area contributed by atoms with Gasteiger partial charge in [-0.15, -0.1) is 0 Å². The fourth-order valence-corrected chi connectivity index (χ4v) is 10.2. The molecule has 0 spiro atoms. The molecule has 0 aliphatic heterocycles. The first kappa shape index (κ1) is 18.7. The van der Waals surface area contributed by atoms with Gasteiger partial charge in [-0.25, -0.2) is 0 Å². The Morgan fingerprint density at radius 2 is 1.41 bits per heavy atom. The van der Waals surface area contributed by atoms with Gasteiger partial charge in [-0.05, 0) is 110 Å². The van der Waals surface area contributed by atoms with E-state index in [1.807, 2.05) is 11.1 Å². The summed E-state index contributed by atoms with van der Waals surface area (Å²) >= 11 is 0. The molecule has 152 valence electrons. The highest BCUT2D eigenvalue weighted by molar-refractivity contribution is 5.37. The third kappa shape index (κ3) is 2.17. The van der Waals surface area contributed by atoms with Gasteiger partial charge >= 0.3 is 0 Å². The molecule has 0 aromatic rings. The molecule has 0 aromatic carbocycles. The normalized spacial score (nSPS) is 54.0. The smallest absolute Gasteiger partial charge is 0.00566 e. The van der Waals surface area contributed by atoms with E-state index in [2.05, 4.69) is 41.5 Å². The van der Waals surface area contributed by atoms with Gasteiger partial charge in [0, 0.05) is 0 Å². The van der Waals surface area contributed by atoms with E-state index in [0.29, 0.717) is 27.1 Å². The molecule has 5 aliphatic carbocycles. The molecule has 0 saturated heterocycles. The van der Waals surface area contributed by atoms with Gasteiger partial charge in [0.1, 0.15) is 0 Å². The van der Waals surface area contributed by atoms with E-state index in [9.17, 15) is 0 Å². The van der Waals surface area contributed by atoms with E-state index in [1.165, 1.54) is 77.0 Å². The summed E-state index contributed by atoms with van der Waals surface area (Å²) in [5.74, 6) is 1.90.